The molecule has 0 spiro atoms. The van der Waals surface area contributed by atoms with Gasteiger partial charge in [-0.05, 0) is 24.4 Å². The number of benzene rings is 1. The summed E-state index contributed by atoms with van der Waals surface area (Å²) < 4.78 is 0. The second kappa shape index (κ2) is 5.34. The predicted octanol–water partition coefficient (Wildman–Crippen LogP) is 1.01. The van der Waals surface area contributed by atoms with Gasteiger partial charge in [-0.25, -0.2) is 9.80 Å². The van der Waals surface area contributed by atoms with Gasteiger partial charge >= 0.3 is 5.97 Å². The van der Waals surface area contributed by atoms with E-state index in [0.717, 1.165) is 5.69 Å². The summed E-state index contributed by atoms with van der Waals surface area (Å²) >= 11 is 4.53. The quantitative estimate of drug-likeness (QED) is 0.470. The molecular weight excluding hydrogens is 254 g/mol. The van der Waals surface area contributed by atoms with Crippen LogP contribution in [0.4, 0.5) is 5.69 Å². The van der Waals surface area contributed by atoms with Gasteiger partial charge in [-0.1, -0.05) is 23.8 Å². The lowest BCUT2D eigenvalue weighted by Gasteiger charge is -2.14. The second-order valence-electron chi connectivity index (χ2n) is 3.22. The molecule has 1 aromatic rings. The van der Waals surface area contributed by atoms with Crippen LogP contribution in [0.2, 0.25) is 0 Å². The lowest BCUT2D eigenvalue weighted by atomic mass is 10.3. The zero-order valence-corrected chi connectivity index (χ0v) is 9.92. The van der Waals surface area contributed by atoms with Crippen molar-refractivity contribution in [1.82, 2.24) is 5.59 Å². The average molecular weight is 263 g/mol. The Hall–Kier alpha value is -2.32. The van der Waals surface area contributed by atoms with Crippen LogP contribution in [-0.4, -0.2) is 11.1 Å². The monoisotopic (exact) mass is 263 g/mol. The number of azo groups is 1. The SMILES string of the molecule is NC(=S)N=N/C=C1/C(=O)ONN1c1ccccc1. The molecule has 0 amide bonds. The van der Waals surface area contributed by atoms with Gasteiger partial charge in [0.25, 0.3) is 0 Å². The van der Waals surface area contributed by atoms with Crippen LogP contribution >= 0.6 is 12.2 Å². The van der Waals surface area contributed by atoms with Crippen molar-refractivity contribution in [3.8, 4) is 0 Å². The molecule has 2 rings (SSSR count). The summed E-state index contributed by atoms with van der Waals surface area (Å²) in [6.07, 6.45) is 1.22. The molecule has 3 N–H and O–H groups in total. The van der Waals surface area contributed by atoms with E-state index in [1.54, 1.807) is 12.1 Å². The first kappa shape index (κ1) is 12.1. The standard InChI is InChI=1S/C10H9N5O2S/c11-10(18)13-12-6-8-9(16)17-14-15(8)7-4-2-1-3-5-7/h1-6,14H,(H2,11,18)/b8-6-,13-12?. The molecule has 0 aromatic heterocycles. The Labute approximate surface area is 108 Å². The number of nitrogens with one attached hydrogen (secondary N) is 1. The van der Waals surface area contributed by atoms with E-state index in [-0.39, 0.29) is 10.8 Å². The van der Waals surface area contributed by atoms with Crippen molar-refractivity contribution in [2.75, 3.05) is 5.01 Å². The molecular formula is C10H9N5O2S. The molecule has 18 heavy (non-hydrogen) atoms. The van der Waals surface area contributed by atoms with Crippen molar-refractivity contribution < 1.29 is 9.63 Å². The molecule has 1 heterocycles. The zero-order valence-electron chi connectivity index (χ0n) is 9.11. The van der Waals surface area contributed by atoms with Crippen molar-refractivity contribution >= 4 is 29.0 Å². The molecule has 0 bridgehead atoms. The number of hydrogen-bond donors (Lipinski definition) is 2. The van der Waals surface area contributed by atoms with Crippen LogP contribution < -0.4 is 16.3 Å². The number of nitrogens with zero attached hydrogens (tertiary/aromatic N) is 3. The van der Waals surface area contributed by atoms with Gasteiger partial charge in [0.2, 0.25) is 5.11 Å². The van der Waals surface area contributed by atoms with E-state index in [1.165, 1.54) is 11.2 Å². The van der Waals surface area contributed by atoms with Crippen molar-refractivity contribution in [3.05, 3.63) is 42.2 Å². The van der Waals surface area contributed by atoms with Gasteiger partial charge in [-0.2, -0.15) is 5.11 Å². The third-order valence-electron chi connectivity index (χ3n) is 2.03. The molecule has 92 valence electrons. The fourth-order valence-corrected chi connectivity index (χ4v) is 1.35. The van der Waals surface area contributed by atoms with Gasteiger partial charge in [-0.15, -0.1) is 5.11 Å². The average Bonchev–Trinajstić information content (AvgIpc) is 2.72. The number of rotatable bonds is 2. The summed E-state index contributed by atoms with van der Waals surface area (Å²) in [5.41, 5.74) is 8.52. The summed E-state index contributed by atoms with van der Waals surface area (Å²) in [5.74, 6) is -0.569. The number of carbonyl (C=O) groups is 1. The number of hydrazine groups is 1. The maximum absolute atomic E-state index is 11.5. The lowest BCUT2D eigenvalue weighted by Crippen LogP contribution is -2.28. The van der Waals surface area contributed by atoms with E-state index >= 15 is 0 Å². The van der Waals surface area contributed by atoms with E-state index in [4.69, 9.17) is 10.6 Å². The summed E-state index contributed by atoms with van der Waals surface area (Å²) in [6.45, 7) is 0. The highest BCUT2D eigenvalue weighted by Gasteiger charge is 2.28. The fraction of sp³-hybridized carbons (Fsp3) is 0. The Morgan fingerprint density at radius 3 is 2.83 bits per heavy atom. The molecule has 0 unspecified atom stereocenters. The van der Waals surface area contributed by atoms with Crippen LogP contribution in [0.5, 0.6) is 0 Å². The number of carbonyl (C=O) groups excluding carboxylic acids is 1. The number of nitrogens with two attached hydrogens (primary N) is 1. The molecule has 0 saturated carbocycles. The molecule has 1 aliphatic heterocycles. The highest BCUT2D eigenvalue weighted by molar-refractivity contribution is 7.80. The number of thiocarbonyl (C=S) groups is 1. The van der Waals surface area contributed by atoms with Crippen molar-refractivity contribution in [2.24, 2.45) is 16.0 Å². The maximum atomic E-state index is 11.5. The van der Waals surface area contributed by atoms with E-state index < -0.39 is 5.97 Å². The summed E-state index contributed by atoms with van der Waals surface area (Å²) in [5, 5.41) is 8.36. The van der Waals surface area contributed by atoms with E-state index in [0.29, 0.717) is 0 Å². The number of para-hydroxylation sites is 1. The molecule has 1 aromatic carbocycles. The molecule has 1 aliphatic rings. The molecule has 0 aliphatic carbocycles. The van der Waals surface area contributed by atoms with E-state index in [2.05, 4.69) is 28.0 Å². The van der Waals surface area contributed by atoms with Crippen molar-refractivity contribution in [3.63, 3.8) is 0 Å². The normalized spacial score (nSPS) is 17.4. The third-order valence-corrected chi connectivity index (χ3v) is 2.11. The van der Waals surface area contributed by atoms with Crippen LogP contribution in [0, 0.1) is 0 Å². The smallest absolute Gasteiger partial charge is 0.373 e. The van der Waals surface area contributed by atoms with Gasteiger partial charge in [0.1, 0.15) is 0 Å². The van der Waals surface area contributed by atoms with Crippen molar-refractivity contribution in [2.45, 2.75) is 0 Å². The minimum Gasteiger partial charge on any atom is -0.373 e. The van der Waals surface area contributed by atoms with Gasteiger partial charge in [-0.3, -0.25) is 0 Å². The minimum absolute atomic E-state index is 0.113. The lowest BCUT2D eigenvalue weighted by molar-refractivity contribution is -0.140. The third kappa shape index (κ3) is 2.67. The fourth-order valence-electron chi connectivity index (χ4n) is 1.30. The molecule has 0 radical (unpaired) electrons. The van der Waals surface area contributed by atoms with Crippen LogP contribution in [-0.2, 0) is 9.63 Å². The molecule has 7 nitrogen and oxygen atoms in total. The van der Waals surface area contributed by atoms with Gasteiger partial charge in [0, 0.05) is 0 Å². The highest BCUT2D eigenvalue weighted by atomic mass is 32.1. The Bertz CT molecular complexity index is 528. The van der Waals surface area contributed by atoms with Crippen LogP contribution in [0.3, 0.4) is 0 Å². The summed E-state index contributed by atoms with van der Waals surface area (Å²) in [6, 6.07) is 9.11. The predicted molar refractivity (Wildman–Crippen MR) is 67.9 cm³/mol. The molecule has 1 fully saturated rings. The first-order valence-electron chi connectivity index (χ1n) is 4.91. The Balaban J connectivity index is 2.26. The zero-order chi connectivity index (χ0) is 13.0. The first-order valence-corrected chi connectivity index (χ1v) is 5.32. The molecule has 0 atom stereocenters. The van der Waals surface area contributed by atoms with Gasteiger partial charge in [0.05, 0.1) is 11.9 Å². The largest absolute Gasteiger partial charge is 0.378 e. The molecule has 1 saturated heterocycles. The highest BCUT2D eigenvalue weighted by Crippen LogP contribution is 2.21. The van der Waals surface area contributed by atoms with E-state index in [9.17, 15) is 4.79 Å². The van der Waals surface area contributed by atoms with Gasteiger partial charge < -0.3 is 10.6 Å². The summed E-state index contributed by atoms with van der Waals surface area (Å²) in [4.78, 5) is 16.2. The topological polar surface area (TPSA) is 92.3 Å². The Kier molecular flexibility index (Phi) is 3.60. The van der Waals surface area contributed by atoms with Gasteiger partial charge in [0.15, 0.2) is 5.70 Å². The number of hydrogen-bond acceptors (Lipinski definition) is 6. The second-order valence-corrected chi connectivity index (χ2v) is 3.64. The van der Waals surface area contributed by atoms with Crippen LogP contribution in [0.25, 0.3) is 0 Å². The molecule has 8 heteroatoms. The number of anilines is 1. The minimum atomic E-state index is -0.569. The van der Waals surface area contributed by atoms with Crippen LogP contribution in [0.15, 0.2) is 52.5 Å². The van der Waals surface area contributed by atoms with Crippen molar-refractivity contribution in [1.29, 1.82) is 0 Å². The van der Waals surface area contributed by atoms with Crippen LogP contribution in [0.1, 0.15) is 0 Å². The Morgan fingerprint density at radius 1 is 1.44 bits per heavy atom. The summed E-state index contributed by atoms with van der Waals surface area (Å²) in [7, 11) is 0. The van der Waals surface area contributed by atoms with E-state index in [1.807, 2.05) is 18.2 Å². The Morgan fingerprint density at radius 2 is 2.17 bits per heavy atom. The first-order chi connectivity index (χ1) is 8.68. The maximum Gasteiger partial charge on any atom is 0.378 e.